The van der Waals surface area contributed by atoms with Gasteiger partial charge in [-0.05, 0) is 85.7 Å². The number of carbonyl (C=O) groups is 4. The predicted octanol–water partition coefficient (Wildman–Crippen LogP) is 9.12. The average Bonchev–Trinajstić information content (AvgIpc) is 4.07. The molecule has 60 heavy (non-hydrogen) atoms. The number of halogens is 3. The lowest BCUT2D eigenvalue weighted by Crippen LogP contribution is -2.33. The maximum atomic E-state index is 12.0. The Morgan fingerprint density at radius 3 is 1.68 bits per heavy atom. The molecule has 0 saturated heterocycles. The first kappa shape index (κ1) is 45.5. The number of rotatable bonds is 11. The normalized spacial score (nSPS) is 14.8. The number of thiophene rings is 2. The molecule has 8 rings (SSSR count). The molecule has 0 spiro atoms. The molecular formula is C42H37Cl3N4O9S2. The number of ether oxygens (including phenoxy) is 2. The number of Topliss-reactive ketones (excluding diaryl/α,β-unsaturated/α-hetero) is 2. The summed E-state index contributed by atoms with van der Waals surface area (Å²) < 4.78 is 21.1. The van der Waals surface area contributed by atoms with Crippen molar-refractivity contribution in [3.63, 3.8) is 0 Å². The third kappa shape index (κ3) is 12.0. The van der Waals surface area contributed by atoms with E-state index in [-0.39, 0.29) is 42.1 Å². The Hall–Kier alpha value is -5.55. The van der Waals surface area contributed by atoms with Crippen LogP contribution in [-0.4, -0.2) is 64.2 Å². The van der Waals surface area contributed by atoms with Crippen LogP contribution in [-0.2, 0) is 22.4 Å². The Morgan fingerprint density at radius 1 is 0.767 bits per heavy atom. The van der Waals surface area contributed by atoms with Crippen molar-refractivity contribution in [2.75, 3.05) is 13.1 Å². The van der Waals surface area contributed by atoms with Crippen LogP contribution in [0.4, 0.5) is 0 Å². The molecule has 2 atom stereocenters. The number of carboxylic acid groups (broad SMARTS) is 1. The van der Waals surface area contributed by atoms with Gasteiger partial charge in [0.15, 0.2) is 23.1 Å². The number of hydrogen-bond acceptors (Lipinski definition) is 13. The number of benzene rings is 2. The zero-order valence-electron chi connectivity index (χ0n) is 31.9. The molecule has 2 aliphatic rings. The van der Waals surface area contributed by atoms with Crippen molar-refractivity contribution in [3.05, 3.63) is 128 Å². The second-order valence-corrected chi connectivity index (χ2v) is 16.0. The van der Waals surface area contributed by atoms with Gasteiger partial charge in [-0.25, -0.2) is 4.79 Å². The van der Waals surface area contributed by atoms with Gasteiger partial charge in [0.2, 0.25) is 5.91 Å². The minimum atomic E-state index is -1.00. The summed E-state index contributed by atoms with van der Waals surface area (Å²) in [6.45, 7) is 3.96. The number of hydrogen-bond donors (Lipinski definition) is 3. The molecule has 0 radical (unpaired) electrons. The molecule has 0 bridgehead atoms. The van der Waals surface area contributed by atoms with Crippen LogP contribution in [0.1, 0.15) is 55.8 Å². The minimum Gasteiger partial charge on any atom is -0.487 e. The maximum absolute atomic E-state index is 12.0. The van der Waals surface area contributed by atoms with E-state index in [9.17, 15) is 19.2 Å². The van der Waals surface area contributed by atoms with Gasteiger partial charge in [-0.15, -0.1) is 35.1 Å². The molecule has 1 amide bonds. The summed E-state index contributed by atoms with van der Waals surface area (Å²) in [7, 11) is 0. The third-order valence-electron chi connectivity index (χ3n) is 8.65. The van der Waals surface area contributed by atoms with E-state index in [2.05, 4.69) is 26.2 Å². The smallest absolute Gasteiger partial charge is 0.328 e. The largest absolute Gasteiger partial charge is 0.487 e. The zero-order chi connectivity index (χ0) is 42.1. The molecular weight excluding hydrogens is 875 g/mol. The fraction of sp³-hybridized carbons (Fsp3) is 0.190. The lowest BCUT2D eigenvalue weighted by atomic mass is 10.1. The van der Waals surface area contributed by atoms with Gasteiger partial charge >= 0.3 is 5.97 Å². The molecule has 6 aromatic rings. The minimum absolute atomic E-state index is 0. The van der Waals surface area contributed by atoms with Crippen molar-refractivity contribution in [1.29, 1.82) is 0 Å². The van der Waals surface area contributed by atoms with Gasteiger partial charge in [0.25, 0.3) is 0 Å². The van der Waals surface area contributed by atoms with Crippen LogP contribution in [0, 0.1) is 0 Å². The number of ketones is 2. The molecule has 4 N–H and O–H groups in total. The third-order valence-corrected chi connectivity index (χ3v) is 11.7. The highest BCUT2D eigenvalue weighted by molar-refractivity contribution is 7.17. The van der Waals surface area contributed by atoms with Gasteiger partial charge in [0.05, 0.1) is 38.7 Å². The topological polar surface area (TPSA) is 197 Å². The fourth-order valence-electron chi connectivity index (χ4n) is 5.88. The Morgan fingerprint density at radius 2 is 1.25 bits per heavy atom. The van der Waals surface area contributed by atoms with Gasteiger partial charge in [-0.3, -0.25) is 14.4 Å². The summed E-state index contributed by atoms with van der Waals surface area (Å²) in [4.78, 5) is 48.3. The van der Waals surface area contributed by atoms with Crippen LogP contribution < -0.4 is 20.5 Å². The molecule has 18 heteroatoms. The van der Waals surface area contributed by atoms with E-state index in [1.807, 2.05) is 42.5 Å². The van der Waals surface area contributed by atoms with Crippen LogP contribution in [0.3, 0.4) is 0 Å². The first-order valence-corrected chi connectivity index (χ1v) is 20.3. The van der Waals surface area contributed by atoms with Crippen molar-refractivity contribution in [1.82, 2.24) is 15.6 Å². The average molecular weight is 912 g/mol. The van der Waals surface area contributed by atoms with E-state index < -0.39 is 5.97 Å². The number of aromatic nitrogens is 2. The van der Waals surface area contributed by atoms with E-state index in [1.54, 1.807) is 32.1 Å². The fourth-order valence-corrected chi connectivity index (χ4v) is 8.22. The van der Waals surface area contributed by atoms with Crippen molar-refractivity contribution in [2.24, 2.45) is 5.73 Å². The predicted molar refractivity (Wildman–Crippen MR) is 234 cm³/mol. The number of carboxylic acids is 1. The van der Waals surface area contributed by atoms with E-state index in [0.29, 0.717) is 51.7 Å². The quantitative estimate of drug-likeness (QED) is 0.0825. The SMILES string of the molecule is CC(=O)c1ccc(-c2cc(Cl)c3c(c2)CC(CN)O3)s1.CC(=O)c1ccc(-c2cc(Cl)c3c(c2)CC(CNC(=O)/C=C/c2ccno2)O3)s1.Cl.O=C(O)/C=C/c1ccno1. The first-order valence-electron chi connectivity index (χ1n) is 18.0. The molecule has 2 unspecified atom stereocenters. The summed E-state index contributed by atoms with van der Waals surface area (Å²) in [5.41, 5.74) is 9.69. The lowest BCUT2D eigenvalue weighted by Gasteiger charge is -2.11. The van der Waals surface area contributed by atoms with Crippen LogP contribution in [0.2, 0.25) is 10.0 Å². The number of amides is 1. The molecule has 13 nitrogen and oxygen atoms in total. The summed E-state index contributed by atoms with van der Waals surface area (Å²) in [6.07, 6.45) is 9.44. The molecule has 4 aromatic heterocycles. The number of fused-ring (bicyclic) bond motifs is 2. The molecule has 312 valence electrons. The van der Waals surface area contributed by atoms with Crippen LogP contribution in [0.25, 0.3) is 33.0 Å². The van der Waals surface area contributed by atoms with Gasteiger partial charge < -0.3 is 34.7 Å². The van der Waals surface area contributed by atoms with Crippen molar-refractivity contribution in [2.45, 2.75) is 38.9 Å². The first-order chi connectivity index (χ1) is 28.4. The Bertz CT molecular complexity index is 2510. The highest BCUT2D eigenvalue weighted by atomic mass is 35.5. The van der Waals surface area contributed by atoms with Crippen molar-refractivity contribution >= 4 is 93.9 Å². The molecule has 2 aromatic carbocycles. The van der Waals surface area contributed by atoms with E-state index in [1.165, 1.54) is 47.2 Å². The Labute approximate surface area is 368 Å². The second-order valence-electron chi connectivity index (χ2n) is 13.0. The lowest BCUT2D eigenvalue weighted by molar-refractivity contribution is -0.131. The highest BCUT2D eigenvalue weighted by Gasteiger charge is 2.27. The summed E-state index contributed by atoms with van der Waals surface area (Å²) in [6, 6.07) is 18.6. The number of carbonyl (C=O) groups excluding carboxylic acids is 3. The van der Waals surface area contributed by atoms with E-state index >= 15 is 0 Å². The summed E-state index contributed by atoms with van der Waals surface area (Å²) >= 11 is 15.6. The Balaban J connectivity index is 0.000000190. The van der Waals surface area contributed by atoms with Crippen LogP contribution in [0.5, 0.6) is 11.5 Å². The molecule has 0 saturated carbocycles. The number of aliphatic carboxylic acids is 1. The van der Waals surface area contributed by atoms with Crippen molar-refractivity contribution in [3.8, 4) is 32.4 Å². The van der Waals surface area contributed by atoms with E-state index in [4.69, 9.17) is 48.0 Å². The molecule has 2 aliphatic heterocycles. The van der Waals surface area contributed by atoms with Gasteiger partial charge in [0, 0.05) is 64.6 Å². The Kier molecular flexibility index (Phi) is 16.0. The van der Waals surface area contributed by atoms with Crippen molar-refractivity contribution < 1.29 is 42.8 Å². The monoisotopic (exact) mass is 910 g/mol. The molecule has 6 heterocycles. The second kappa shape index (κ2) is 21.1. The van der Waals surface area contributed by atoms with Gasteiger partial charge in [-0.2, -0.15) is 0 Å². The van der Waals surface area contributed by atoms with E-state index in [0.717, 1.165) is 55.1 Å². The van der Waals surface area contributed by atoms with Gasteiger partial charge in [0.1, 0.15) is 23.7 Å². The maximum Gasteiger partial charge on any atom is 0.328 e. The highest BCUT2D eigenvalue weighted by Crippen LogP contribution is 2.42. The van der Waals surface area contributed by atoms with Gasteiger partial charge in [-0.1, -0.05) is 33.5 Å². The summed E-state index contributed by atoms with van der Waals surface area (Å²) in [5, 5.41) is 19.1. The molecule has 0 fully saturated rings. The standard InChI is InChI=1S/C21H17ClN2O4S.C15H14ClNO2S.C6H5NO3.ClH/c1-12(25)18-3-4-19(29-18)13-8-14-9-16(27-21(14)17(22)10-13)11-23-20(26)5-2-15-6-7-24-28-15;1-8(18)13-2-3-14(20-13)9-4-10-5-11(7-17)19-15(10)12(16)6-9;8-6(9)2-1-5-3-4-7-10-5;/h2-8,10,16H,9,11H2,1H3,(H,23,26);2-4,6,11H,5,7,17H2,1H3;1-4H,(H,8,9);1H/b5-2+;;2-1+;. The van der Waals surface area contributed by atoms with Crippen LogP contribution in [0.15, 0.2) is 94.3 Å². The molecule has 0 aliphatic carbocycles. The number of nitrogens with one attached hydrogen (secondary N) is 1. The zero-order valence-corrected chi connectivity index (χ0v) is 35.8. The van der Waals surface area contributed by atoms with Crippen LogP contribution >= 0.6 is 58.3 Å². The summed E-state index contributed by atoms with van der Waals surface area (Å²) in [5.74, 6) is 1.21. The number of nitrogens with two attached hydrogens (primary N) is 1. The number of nitrogens with zero attached hydrogens (tertiary/aromatic N) is 2.